The second-order valence-corrected chi connectivity index (χ2v) is 8.78. The summed E-state index contributed by atoms with van der Waals surface area (Å²) in [6, 6.07) is 20.9. The summed E-state index contributed by atoms with van der Waals surface area (Å²) in [6.07, 6.45) is 0.166. The van der Waals surface area contributed by atoms with Gasteiger partial charge in [0.1, 0.15) is 6.04 Å². The van der Waals surface area contributed by atoms with E-state index in [4.69, 9.17) is 34.8 Å². The number of carbonyl (C=O) groups excluding carboxylic acids is 2. The van der Waals surface area contributed by atoms with Gasteiger partial charge < -0.3 is 10.2 Å². The highest BCUT2D eigenvalue weighted by atomic mass is 35.5. The van der Waals surface area contributed by atoms with Gasteiger partial charge in [0, 0.05) is 28.2 Å². The van der Waals surface area contributed by atoms with Gasteiger partial charge in [0.05, 0.1) is 6.42 Å². The molecule has 0 aliphatic carbocycles. The van der Waals surface area contributed by atoms with E-state index in [1.807, 2.05) is 36.4 Å². The predicted molar refractivity (Wildman–Crippen MR) is 130 cm³/mol. The van der Waals surface area contributed by atoms with Gasteiger partial charge in [0.2, 0.25) is 11.8 Å². The van der Waals surface area contributed by atoms with Gasteiger partial charge in [-0.2, -0.15) is 0 Å². The molecule has 1 atom stereocenters. The molecule has 3 aromatic rings. The van der Waals surface area contributed by atoms with Gasteiger partial charge in [-0.25, -0.2) is 0 Å². The first-order chi connectivity index (χ1) is 15.3. The number of halogens is 3. The molecule has 0 unspecified atom stereocenters. The zero-order valence-corrected chi connectivity index (χ0v) is 19.8. The Morgan fingerprint density at radius 1 is 0.750 bits per heavy atom. The molecule has 0 saturated carbocycles. The summed E-state index contributed by atoms with van der Waals surface area (Å²) in [5.74, 6) is -0.394. The second-order valence-electron chi connectivity index (χ2n) is 7.47. The normalized spacial score (nSPS) is 11.6. The average molecular weight is 490 g/mol. The fraction of sp³-hybridized carbons (Fsp3) is 0.200. The fourth-order valence-corrected chi connectivity index (χ4v) is 3.56. The number of hydrogen-bond donors (Lipinski definition) is 1. The summed E-state index contributed by atoms with van der Waals surface area (Å²) in [4.78, 5) is 27.7. The van der Waals surface area contributed by atoms with E-state index in [1.165, 1.54) is 0 Å². The van der Waals surface area contributed by atoms with Crippen molar-refractivity contribution in [3.05, 3.63) is 105 Å². The first-order valence-corrected chi connectivity index (χ1v) is 11.3. The molecular formula is C25H23Cl3N2O2. The van der Waals surface area contributed by atoms with Crippen molar-refractivity contribution in [2.24, 2.45) is 0 Å². The third kappa shape index (κ3) is 6.99. The zero-order chi connectivity index (χ0) is 23.1. The lowest BCUT2D eigenvalue weighted by Gasteiger charge is -2.29. The molecule has 32 heavy (non-hydrogen) atoms. The van der Waals surface area contributed by atoms with Crippen LogP contribution < -0.4 is 5.32 Å². The lowest BCUT2D eigenvalue weighted by molar-refractivity contribution is -0.140. The Labute approximate surface area is 203 Å². The van der Waals surface area contributed by atoms with Crippen LogP contribution in [0.1, 0.15) is 23.6 Å². The quantitative estimate of drug-likeness (QED) is 0.427. The monoisotopic (exact) mass is 488 g/mol. The molecule has 0 heterocycles. The second kappa shape index (κ2) is 11.4. The number of rotatable bonds is 8. The molecule has 0 aliphatic heterocycles. The number of nitrogens with one attached hydrogen (secondary N) is 1. The first-order valence-electron chi connectivity index (χ1n) is 10.1. The van der Waals surface area contributed by atoms with E-state index in [2.05, 4.69) is 5.32 Å². The van der Waals surface area contributed by atoms with Crippen molar-refractivity contribution in [1.82, 2.24) is 10.2 Å². The summed E-state index contributed by atoms with van der Waals surface area (Å²) in [5, 5.41) is 4.76. The Kier molecular flexibility index (Phi) is 8.57. The van der Waals surface area contributed by atoms with Crippen LogP contribution in [0.25, 0.3) is 0 Å². The zero-order valence-electron chi connectivity index (χ0n) is 17.5. The molecule has 0 radical (unpaired) electrons. The highest BCUT2D eigenvalue weighted by Crippen LogP contribution is 2.17. The van der Waals surface area contributed by atoms with Gasteiger partial charge in [-0.15, -0.1) is 0 Å². The van der Waals surface area contributed by atoms with Crippen LogP contribution in [0.15, 0.2) is 72.8 Å². The lowest BCUT2D eigenvalue weighted by Crippen LogP contribution is -2.47. The number of benzene rings is 3. The first kappa shape index (κ1) is 24.1. The molecule has 4 nitrogen and oxygen atoms in total. The Balaban J connectivity index is 1.73. The van der Waals surface area contributed by atoms with Crippen LogP contribution in [-0.4, -0.2) is 22.8 Å². The van der Waals surface area contributed by atoms with Crippen LogP contribution in [-0.2, 0) is 29.1 Å². The van der Waals surface area contributed by atoms with Gasteiger partial charge in [-0.05, 0) is 60.0 Å². The smallest absolute Gasteiger partial charge is 0.242 e. The lowest BCUT2D eigenvalue weighted by atomic mass is 10.1. The predicted octanol–water partition coefficient (Wildman–Crippen LogP) is 5.92. The SMILES string of the molecule is C[C@@H](C(=O)NCc1ccc(Cl)cc1)N(Cc1ccc(Cl)cc1)C(=O)Cc1ccc(Cl)cc1. The third-order valence-electron chi connectivity index (χ3n) is 5.08. The van der Waals surface area contributed by atoms with Crippen molar-refractivity contribution in [3.8, 4) is 0 Å². The van der Waals surface area contributed by atoms with Crippen LogP contribution in [0.4, 0.5) is 0 Å². The largest absolute Gasteiger partial charge is 0.350 e. The van der Waals surface area contributed by atoms with Crippen LogP contribution in [0, 0.1) is 0 Å². The minimum Gasteiger partial charge on any atom is -0.350 e. The van der Waals surface area contributed by atoms with Crippen LogP contribution >= 0.6 is 34.8 Å². The molecule has 0 aliphatic rings. The maximum absolute atomic E-state index is 13.2. The standard InChI is InChI=1S/C25H23Cl3N2O2/c1-17(25(32)29-15-19-4-10-22(27)11-5-19)30(16-20-6-12-23(28)13-7-20)24(31)14-18-2-8-21(26)9-3-18/h2-13,17H,14-16H2,1H3,(H,29,32)/t17-/m0/s1. The molecular weight excluding hydrogens is 467 g/mol. The van der Waals surface area contributed by atoms with E-state index in [9.17, 15) is 9.59 Å². The molecule has 0 aromatic heterocycles. The van der Waals surface area contributed by atoms with Gasteiger partial charge in [-0.1, -0.05) is 71.2 Å². The average Bonchev–Trinajstić information content (AvgIpc) is 2.79. The van der Waals surface area contributed by atoms with Crippen LogP contribution in [0.3, 0.4) is 0 Å². The Bertz CT molecular complexity index is 1050. The van der Waals surface area contributed by atoms with E-state index < -0.39 is 6.04 Å². The fourth-order valence-electron chi connectivity index (χ4n) is 3.19. The number of nitrogens with zero attached hydrogens (tertiary/aromatic N) is 1. The van der Waals surface area contributed by atoms with Gasteiger partial charge in [0.15, 0.2) is 0 Å². The summed E-state index contributed by atoms with van der Waals surface area (Å²) < 4.78 is 0. The molecule has 0 fully saturated rings. The van der Waals surface area contributed by atoms with Crippen molar-refractivity contribution >= 4 is 46.6 Å². The number of carbonyl (C=O) groups is 2. The molecule has 1 N–H and O–H groups in total. The van der Waals surface area contributed by atoms with E-state index in [0.29, 0.717) is 28.2 Å². The minimum atomic E-state index is -0.669. The number of amides is 2. The third-order valence-corrected chi connectivity index (χ3v) is 5.84. The van der Waals surface area contributed by atoms with Gasteiger partial charge in [-0.3, -0.25) is 9.59 Å². The van der Waals surface area contributed by atoms with Crippen molar-refractivity contribution in [1.29, 1.82) is 0 Å². The molecule has 0 bridgehead atoms. The highest BCUT2D eigenvalue weighted by Gasteiger charge is 2.26. The summed E-state index contributed by atoms with van der Waals surface area (Å²) in [7, 11) is 0. The molecule has 3 aromatic carbocycles. The van der Waals surface area contributed by atoms with Crippen molar-refractivity contribution in [2.75, 3.05) is 0 Å². The molecule has 166 valence electrons. The molecule has 7 heteroatoms. The maximum Gasteiger partial charge on any atom is 0.242 e. The number of hydrogen-bond acceptors (Lipinski definition) is 2. The molecule has 0 spiro atoms. The van der Waals surface area contributed by atoms with E-state index in [-0.39, 0.29) is 18.2 Å². The maximum atomic E-state index is 13.2. The Hall–Kier alpha value is -2.53. The van der Waals surface area contributed by atoms with Crippen molar-refractivity contribution < 1.29 is 9.59 Å². The van der Waals surface area contributed by atoms with Crippen LogP contribution in [0.5, 0.6) is 0 Å². The van der Waals surface area contributed by atoms with Gasteiger partial charge >= 0.3 is 0 Å². The highest BCUT2D eigenvalue weighted by molar-refractivity contribution is 6.31. The summed E-state index contributed by atoms with van der Waals surface area (Å²) in [6.45, 7) is 2.37. The molecule has 2 amide bonds. The Morgan fingerprint density at radius 3 is 1.69 bits per heavy atom. The van der Waals surface area contributed by atoms with Crippen LogP contribution in [0.2, 0.25) is 15.1 Å². The Morgan fingerprint density at radius 2 is 1.19 bits per heavy atom. The minimum absolute atomic E-state index is 0.156. The summed E-state index contributed by atoms with van der Waals surface area (Å²) in [5.41, 5.74) is 2.64. The summed E-state index contributed by atoms with van der Waals surface area (Å²) >= 11 is 17.9. The van der Waals surface area contributed by atoms with Crippen molar-refractivity contribution in [2.45, 2.75) is 32.5 Å². The van der Waals surface area contributed by atoms with E-state index in [0.717, 1.165) is 16.7 Å². The van der Waals surface area contributed by atoms with Crippen molar-refractivity contribution in [3.63, 3.8) is 0 Å². The van der Waals surface area contributed by atoms with E-state index >= 15 is 0 Å². The molecule has 3 rings (SSSR count). The topological polar surface area (TPSA) is 49.4 Å². The molecule has 0 saturated heterocycles. The van der Waals surface area contributed by atoms with Gasteiger partial charge in [0.25, 0.3) is 0 Å². The van der Waals surface area contributed by atoms with E-state index in [1.54, 1.807) is 48.2 Å².